The highest BCUT2D eigenvalue weighted by Crippen LogP contribution is 2.35. The van der Waals surface area contributed by atoms with E-state index in [1.54, 1.807) is 15.6 Å². The van der Waals surface area contributed by atoms with Gasteiger partial charge in [0.05, 0.1) is 11.5 Å². The van der Waals surface area contributed by atoms with Gasteiger partial charge in [-0.1, -0.05) is 30.2 Å². The van der Waals surface area contributed by atoms with Crippen molar-refractivity contribution in [3.8, 4) is 0 Å². The maximum absolute atomic E-state index is 13.8. The van der Waals surface area contributed by atoms with Gasteiger partial charge in [0, 0.05) is 42.4 Å². The van der Waals surface area contributed by atoms with Crippen LogP contribution in [0.5, 0.6) is 0 Å². The maximum Gasteiger partial charge on any atom is 0.249 e. The molecule has 2 aromatic heterocycles. The molecule has 2 aliphatic rings. The summed E-state index contributed by atoms with van der Waals surface area (Å²) in [4.78, 5) is 16.8. The summed E-state index contributed by atoms with van der Waals surface area (Å²) >= 11 is 1.65. The van der Waals surface area contributed by atoms with Crippen molar-refractivity contribution in [3.63, 3.8) is 0 Å². The molecule has 0 spiro atoms. The van der Waals surface area contributed by atoms with Crippen LogP contribution in [0.15, 0.2) is 52.9 Å². The van der Waals surface area contributed by atoms with Gasteiger partial charge in [0.25, 0.3) is 0 Å². The van der Waals surface area contributed by atoms with Gasteiger partial charge in [-0.15, -0.1) is 11.3 Å². The Kier molecular flexibility index (Phi) is 7.58. The van der Waals surface area contributed by atoms with E-state index in [1.165, 1.54) is 0 Å². The number of nitrogens with zero attached hydrogens (tertiary/aromatic N) is 3. The number of aromatic nitrogens is 1. The molecule has 0 radical (unpaired) electrons. The normalized spacial score (nSPS) is 20.7. The lowest BCUT2D eigenvalue weighted by atomic mass is 10.1. The highest BCUT2D eigenvalue weighted by molar-refractivity contribution is 7.89. The van der Waals surface area contributed by atoms with Crippen LogP contribution in [0.25, 0.3) is 0 Å². The fraction of sp³-hybridized carbons (Fsp3) is 0.464. The third-order valence-electron chi connectivity index (χ3n) is 7.45. The molecule has 0 aliphatic carbocycles. The zero-order valence-corrected chi connectivity index (χ0v) is 23.4. The zero-order valence-electron chi connectivity index (χ0n) is 21.7. The molecule has 37 heavy (non-hydrogen) atoms. The number of sulfonamides is 1. The molecule has 7 nitrogen and oxygen atoms in total. The van der Waals surface area contributed by atoms with E-state index < -0.39 is 10.0 Å². The Balaban J connectivity index is 1.28. The van der Waals surface area contributed by atoms with Crippen LogP contribution < -0.4 is 0 Å². The third-order valence-corrected chi connectivity index (χ3v) is 10.6. The van der Waals surface area contributed by atoms with Gasteiger partial charge in [0.1, 0.15) is 12.6 Å². The highest BCUT2D eigenvalue weighted by atomic mass is 32.2. The predicted molar refractivity (Wildman–Crippen MR) is 145 cm³/mol. The molecule has 0 bridgehead atoms. The number of carbonyl (C=O) groups is 1. The van der Waals surface area contributed by atoms with Crippen LogP contribution in [-0.4, -0.2) is 60.4 Å². The summed E-state index contributed by atoms with van der Waals surface area (Å²) in [5.74, 6) is -0.0682. The molecule has 1 aromatic carbocycles. The minimum Gasteiger partial charge on any atom is -0.370 e. The van der Waals surface area contributed by atoms with Crippen molar-refractivity contribution in [1.29, 1.82) is 0 Å². The van der Waals surface area contributed by atoms with Crippen molar-refractivity contribution in [2.45, 2.75) is 63.6 Å². The SMILES string of the molecule is Cc1cc(C)c(S(=O)(=O)N2CCCCC2COCC(=O)N2CCn3cccc3C2c2cccs2)c(C)c1. The van der Waals surface area contributed by atoms with Crippen LogP contribution in [0.4, 0.5) is 0 Å². The Labute approximate surface area is 223 Å². The van der Waals surface area contributed by atoms with Crippen molar-refractivity contribution in [2.75, 3.05) is 26.3 Å². The first-order chi connectivity index (χ1) is 17.8. The fourth-order valence-electron chi connectivity index (χ4n) is 5.91. The smallest absolute Gasteiger partial charge is 0.249 e. The predicted octanol–water partition coefficient (Wildman–Crippen LogP) is 4.67. The molecular formula is C28H35N3O4S2. The van der Waals surface area contributed by atoms with Crippen LogP contribution in [0.3, 0.4) is 0 Å². The van der Waals surface area contributed by atoms with Crippen molar-refractivity contribution >= 4 is 27.3 Å². The Hall–Kier alpha value is -2.46. The molecule has 2 unspecified atom stereocenters. The van der Waals surface area contributed by atoms with E-state index in [4.69, 9.17) is 4.74 Å². The highest BCUT2D eigenvalue weighted by Gasteiger charge is 2.36. The van der Waals surface area contributed by atoms with E-state index in [2.05, 4.69) is 22.9 Å². The maximum atomic E-state index is 13.8. The van der Waals surface area contributed by atoms with Crippen LogP contribution in [0, 0.1) is 20.8 Å². The molecule has 4 heterocycles. The fourth-order valence-corrected chi connectivity index (χ4v) is 8.85. The molecule has 2 aliphatic heterocycles. The van der Waals surface area contributed by atoms with Crippen molar-refractivity contribution < 1.29 is 17.9 Å². The lowest BCUT2D eigenvalue weighted by Crippen LogP contribution is -2.47. The topological polar surface area (TPSA) is 71.8 Å². The van der Waals surface area contributed by atoms with Gasteiger partial charge in [-0.05, 0) is 68.3 Å². The molecule has 3 aromatic rings. The molecule has 1 saturated heterocycles. The van der Waals surface area contributed by atoms with Crippen LogP contribution in [0.2, 0.25) is 0 Å². The van der Waals surface area contributed by atoms with Gasteiger partial charge in [-0.25, -0.2) is 8.42 Å². The van der Waals surface area contributed by atoms with Crippen molar-refractivity contribution in [3.05, 3.63) is 75.2 Å². The van der Waals surface area contributed by atoms with Crippen LogP contribution in [0.1, 0.15) is 52.6 Å². The molecule has 1 fully saturated rings. The Bertz CT molecular complexity index is 1340. The zero-order chi connectivity index (χ0) is 26.2. The molecule has 5 rings (SSSR count). The third kappa shape index (κ3) is 5.14. The lowest BCUT2D eigenvalue weighted by molar-refractivity contribution is -0.139. The second-order valence-corrected chi connectivity index (χ2v) is 12.9. The first kappa shape index (κ1) is 26.2. The van der Waals surface area contributed by atoms with Crippen LogP contribution in [-0.2, 0) is 26.1 Å². The quantitative estimate of drug-likeness (QED) is 0.436. The molecule has 198 valence electrons. The number of hydrogen-bond donors (Lipinski definition) is 0. The number of amides is 1. The minimum atomic E-state index is -3.67. The molecule has 2 atom stereocenters. The number of fused-ring (bicyclic) bond motifs is 1. The molecule has 1 amide bonds. The Morgan fingerprint density at radius 3 is 2.57 bits per heavy atom. The van der Waals surface area contributed by atoms with Gasteiger partial charge in [0.15, 0.2) is 0 Å². The Morgan fingerprint density at radius 1 is 1.05 bits per heavy atom. The van der Waals surface area contributed by atoms with E-state index in [-0.39, 0.29) is 31.2 Å². The number of piperidine rings is 1. The summed E-state index contributed by atoms with van der Waals surface area (Å²) in [5, 5.41) is 2.03. The number of aryl methyl sites for hydroxylation is 3. The first-order valence-electron chi connectivity index (χ1n) is 12.9. The van der Waals surface area contributed by atoms with E-state index in [0.717, 1.165) is 53.1 Å². The van der Waals surface area contributed by atoms with E-state index in [0.29, 0.717) is 18.0 Å². The van der Waals surface area contributed by atoms with E-state index in [1.807, 2.05) is 55.3 Å². The number of hydrogen-bond acceptors (Lipinski definition) is 5. The average molecular weight is 542 g/mol. The largest absolute Gasteiger partial charge is 0.370 e. The minimum absolute atomic E-state index is 0.0600. The monoisotopic (exact) mass is 541 g/mol. The summed E-state index contributed by atoms with van der Waals surface area (Å²) in [6.45, 7) is 7.69. The molecule has 0 N–H and O–H groups in total. The van der Waals surface area contributed by atoms with Crippen molar-refractivity contribution in [2.24, 2.45) is 0 Å². The summed E-state index contributed by atoms with van der Waals surface area (Å²) < 4.78 is 37.3. The van der Waals surface area contributed by atoms with Gasteiger partial charge < -0.3 is 14.2 Å². The summed E-state index contributed by atoms with van der Waals surface area (Å²) in [6, 6.07) is 11.6. The Morgan fingerprint density at radius 2 is 1.84 bits per heavy atom. The van der Waals surface area contributed by atoms with Gasteiger partial charge in [-0.2, -0.15) is 4.31 Å². The number of thiophene rings is 1. The second-order valence-electron chi connectivity index (χ2n) is 10.1. The van der Waals surface area contributed by atoms with E-state index >= 15 is 0 Å². The van der Waals surface area contributed by atoms with Crippen molar-refractivity contribution in [1.82, 2.24) is 13.8 Å². The molecular weight excluding hydrogens is 506 g/mol. The average Bonchev–Trinajstić information content (AvgIpc) is 3.55. The van der Waals surface area contributed by atoms with Gasteiger partial charge in [0.2, 0.25) is 15.9 Å². The van der Waals surface area contributed by atoms with E-state index in [9.17, 15) is 13.2 Å². The summed E-state index contributed by atoms with van der Waals surface area (Å²) in [6.07, 6.45) is 4.56. The number of carbonyl (C=O) groups excluding carboxylic acids is 1. The van der Waals surface area contributed by atoms with Gasteiger partial charge >= 0.3 is 0 Å². The number of rotatable bonds is 7. The van der Waals surface area contributed by atoms with Gasteiger partial charge in [-0.3, -0.25) is 4.79 Å². The summed E-state index contributed by atoms with van der Waals surface area (Å²) in [5.41, 5.74) is 3.70. The molecule has 0 saturated carbocycles. The second kappa shape index (κ2) is 10.7. The first-order valence-corrected chi connectivity index (χ1v) is 15.2. The summed E-state index contributed by atoms with van der Waals surface area (Å²) in [7, 11) is -3.67. The number of ether oxygens (including phenoxy) is 1. The van der Waals surface area contributed by atoms with Crippen LogP contribution >= 0.6 is 11.3 Å². The number of benzene rings is 1. The standard InChI is InChI=1S/C28H35N3O4S2/c1-20-16-21(2)28(22(3)17-20)37(33,34)31-12-5-4-8-23(31)18-35-19-26(32)30-14-13-29-11-6-9-24(29)27(30)25-10-7-15-36-25/h6-7,9-11,15-17,23,27H,4-5,8,12-14,18-19H2,1-3H3. The molecule has 9 heteroatoms. The lowest BCUT2D eigenvalue weighted by Gasteiger charge is -2.37.